The molecule has 4 nitrogen and oxygen atoms in total. The minimum Gasteiger partial charge on any atom is -0.391 e. The van der Waals surface area contributed by atoms with Crippen molar-refractivity contribution in [2.75, 3.05) is 6.54 Å². The maximum Gasteiger partial charge on any atom is 0.416 e. The van der Waals surface area contributed by atoms with Gasteiger partial charge in [-0.3, -0.25) is 0 Å². The summed E-state index contributed by atoms with van der Waals surface area (Å²) in [5.74, 6) is 0.0460. The number of halogens is 4. The van der Waals surface area contributed by atoms with E-state index in [1.807, 2.05) is 0 Å². The van der Waals surface area contributed by atoms with Gasteiger partial charge in [-0.1, -0.05) is 11.6 Å². The van der Waals surface area contributed by atoms with Crippen molar-refractivity contribution in [3.8, 4) is 0 Å². The normalized spacial score (nSPS) is 17.8. The van der Waals surface area contributed by atoms with Crippen molar-refractivity contribution >= 4 is 21.6 Å². The van der Waals surface area contributed by atoms with Crippen LogP contribution in [0.1, 0.15) is 18.4 Å². The molecular formula is C12H13ClF3NO3S. The summed E-state index contributed by atoms with van der Waals surface area (Å²) in [6.45, 7) is -0.250. The van der Waals surface area contributed by atoms with Crippen molar-refractivity contribution in [2.45, 2.75) is 30.0 Å². The first-order chi connectivity index (χ1) is 9.61. The summed E-state index contributed by atoms with van der Waals surface area (Å²) in [6.07, 6.45) is -3.88. The molecule has 0 amide bonds. The lowest BCUT2D eigenvalue weighted by molar-refractivity contribution is -0.137. The minimum absolute atomic E-state index is 0.0460. The Morgan fingerprint density at radius 3 is 2.52 bits per heavy atom. The number of sulfonamides is 1. The second-order valence-electron chi connectivity index (χ2n) is 4.90. The number of benzene rings is 1. The third kappa shape index (κ3) is 4.09. The molecule has 21 heavy (non-hydrogen) atoms. The zero-order valence-corrected chi connectivity index (χ0v) is 12.3. The largest absolute Gasteiger partial charge is 0.416 e. The Balaban J connectivity index is 2.22. The molecule has 0 saturated heterocycles. The van der Waals surface area contributed by atoms with Gasteiger partial charge in [-0.25, -0.2) is 13.1 Å². The van der Waals surface area contributed by atoms with Gasteiger partial charge in [-0.05, 0) is 37.0 Å². The lowest BCUT2D eigenvalue weighted by Gasteiger charge is -2.14. The summed E-state index contributed by atoms with van der Waals surface area (Å²) in [5, 5.41) is 9.30. The van der Waals surface area contributed by atoms with E-state index in [1.54, 1.807) is 0 Å². The Morgan fingerprint density at radius 1 is 1.38 bits per heavy atom. The first-order valence-electron chi connectivity index (χ1n) is 6.16. The number of hydrogen-bond donors (Lipinski definition) is 2. The van der Waals surface area contributed by atoms with Crippen LogP contribution in [0.5, 0.6) is 0 Å². The fourth-order valence-corrected chi connectivity index (χ4v) is 3.38. The van der Waals surface area contributed by atoms with E-state index in [0.29, 0.717) is 12.1 Å². The average Bonchev–Trinajstić information content (AvgIpc) is 3.19. The molecule has 1 aliphatic rings. The summed E-state index contributed by atoms with van der Waals surface area (Å²) in [6, 6.07) is 2.07. The quantitative estimate of drug-likeness (QED) is 0.862. The van der Waals surface area contributed by atoms with Crippen molar-refractivity contribution < 1.29 is 26.7 Å². The highest BCUT2D eigenvalue weighted by molar-refractivity contribution is 7.89. The first kappa shape index (κ1) is 16.5. The van der Waals surface area contributed by atoms with Gasteiger partial charge in [0.05, 0.1) is 16.7 Å². The lowest BCUT2D eigenvalue weighted by Crippen LogP contribution is -2.33. The van der Waals surface area contributed by atoms with E-state index in [-0.39, 0.29) is 17.5 Å². The van der Waals surface area contributed by atoms with E-state index in [2.05, 4.69) is 4.72 Å². The Hall–Kier alpha value is -0.830. The van der Waals surface area contributed by atoms with Crippen LogP contribution >= 0.6 is 11.6 Å². The van der Waals surface area contributed by atoms with Gasteiger partial charge in [-0.15, -0.1) is 0 Å². The standard InChI is InChI=1S/C12H13ClF3NO3S/c13-9-4-3-8(12(14,15)16)5-11(9)21(19,20)17-6-10(18)7-1-2-7/h3-5,7,10,17-18H,1-2,6H2. The van der Waals surface area contributed by atoms with Gasteiger partial charge < -0.3 is 5.11 Å². The fraction of sp³-hybridized carbons (Fsp3) is 0.500. The fourth-order valence-electron chi connectivity index (χ4n) is 1.81. The van der Waals surface area contributed by atoms with E-state index in [4.69, 9.17) is 11.6 Å². The van der Waals surface area contributed by atoms with Gasteiger partial charge in [-0.2, -0.15) is 13.2 Å². The van der Waals surface area contributed by atoms with Crippen LogP contribution < -0.4 is 4.72 Å². The zero-order chi connectivity index (χ0) is 15.8. The molecule has 2 rings (SSSR count). The molecule has 1 unspecified atom stereocenters. The molecule has 1 aromatic carbocycles. The Morgan fingerprint density at radius 2 is 2.00 bits per heavy atom. The van der Waals surface area contributed by atoms with E-state index in [1.165, 1.54) is 0 Å². The van der Waals surface area contributed by atoms with Gasteiger partial charge in [0.15, 0.2) is 0 Å². The summed E-state index contributed by atoms with van der Waals surface area (Å²) in [7, 11) is -4.22. The molecule has 0 aromatic heterocycles. The maximum absolute atomic E-state index is 12.6. The van der Waals surface area contributed by atoms with Gasteiger partial charge in [0.25, 0.3) is 0 Å². The number of rotatable bonds is 5. The SMILES string of the molecule is O=S(=O)(NCC(O)C1CC1)c1cc(C(F)(F)F)ccc1Cl. The van der Waals surface area contributed by atoms with E-state index in [9.17, 15) is 26.7 Å². The van der Waals surface area contributed by atoms with Crippen molar-refractivity contribution in [3.63, 3.8) is 0 Å². The molecule has 0 spiro atoms. The molecule has 118 valence electrons. The number of alkyl halides is 3. The highest BCUT2D eigenvalue weighted by atomic mass is 35.5. The number of aliphatic hydroxyl groups excluding tert-OH is 1. The van der Waals surface area contributed by atoms with Gasteiger partial charge in [0, 0.05) is 6.54 Å². The molecule has 1 saturated carbocycles. The molecule has 2 N–H and O–H groups in total. The van der Waals surface area contributed by atoms with Crippen LogP contribution in [0.4, 0.5) is 13.2 Å². The zero-order valence-electron chi connectivity index (χ0n) is 10.7. The Bertz CT molecular complexity index is 629. The van der Waals surface area contributed by atoms with Crippen LogP contribution in [0, 0.1) is 5.92 Å². The molecule has 1 fully saturated rings. The minimum atomic E-state index is -4.66. The van der Waals surface area contributed by atoms with Crippen molar-refractivity contribution in [1.82, 2.24) is 4.72 Å². The molecular weight excluding hydrogens is 331 g/mol. The summed E-state index contributed by atoms with van der Waals surface area (Å²) < 4.78 is 64.0. The van der Waals surface area contributed by atoms with Crippen molar-refractivity contribution in [1.29, 1.82) is 0 Å². The predicted molar refractivity (Wildman–Crippen MR) is 70.4 cm³/mol. The number of hydrogen-bond acceptors (Lipinski definition) is 3. The van der Waals surface area contributed by atoms with Crippen LogP contribution in [0.25, 0.3) is 0 Å². The molecule has 9 heteroatoms. The highest BCUT2D eigenvalue weighted by Gasteiger charge is 2.34. The van der Waals surface area contributed by atoms with Crippen molar-refractivity contribution in [2.24, 2.45) is 5.92 Å². The summed E-state index contributed by atoms with van der Waals surface area (Å²) in [4.78, 5) is -0.651. The monoisotopic (exact) mass is 343 g/mol. The topological polar surface area (TPSA) is 66.4 Å². The van der Waals surface area contributed by atoms with Crippen LogP contribution in [0.2, 0.25) is 5.02 Å². The highest BCUT2D eigenvalue weighted by Crippen LogP contribution is 2.34. The van der Waals surface area contributed by atoms with Crippen LogP contribution in [-0.2, 0) is 16.2 Å². The smallest absolute Gasteiger partial charge is 0.391 e. The molecule has 0 aliphatic heterocycles. The maximum atomic E-state index is 12.6. The molecule has 0 heterocycles. The lowest BCUT2D eigenvalue weighted by atomic mass is 10.2. The van der Waals surface area contributed by atoms with Crippen LogP contribution in [0.15, 0.2) is 23.1 Å². The average molecular weight is 344 g/mol. The summed E-state index contributed by atoms with van der Waals surface area (Å²) >= 11 is 5.67. The summed E-state index contributed by atoms with van der Waals surface area (Å²) in [5.41, 5.74) is -1.10. The second-order valence-corrected chi connectivity index (χ2v) is 7.04. The van der Waals surface area contributed by atoms with Gasteiger partial charge in [0.1, 0.15) is 4.90 Å². The molecule has 1 aromatic rings. The molecule has 0 radical (unpaired) electrons. The Kier molecular flexibility index (Phi) is 4.53. The Labute approximate surface area is 125 Å². The van der Waals surface area contributed by atoms with E-state index < -0.39 is 32.8 Å². The first-order valence-corrected chi connectivity index (χ1v) is 8.02. The molecule has 1 aliphatic carbocycles. The van der Waals surface area contributed by atoms with E-state index >= 15 is 0 Å². The number of nitrogens with one attached hydrogen (secondary N) is 1. The van der Waals surface area contributed by atoms with Crippen LogP contribution in [-0.4, -0.2) is 26.2 Å². The number of aliphatic hydroxyl groups is 1. The van der Waals surface area contributed by atoms with Gasteiger partial charge >= 0.3 is 6.18 Å². The molecule has 0 bridgehead atoms. The third-order valence-electron chi connectivity index (χ3n) is 3.20. The molecule has 1 atom stereocenters. The van der Waals surface area contributed by atoms with Gasteiger partial charge in [0.2, 0.25) is 10.0 Å². The predicted octanol–water partition coefficient (Wildman–Crippen LogP) is 2.41. The van der Waals surface area contributed by atoms with E-state index in [0.717, 1.165) is 18.9 Å². The van der Waals surface area contributed by atoms with Crippen LogP contribution in [0.3, 0.4) is 0 Å². The second kappa shape index (κ2) is 5.75. The van der Waals surface area contributed by atoms with Crippen molar-refractivity contribution in [3.05, 3.63) is 28.8 Å². The third-order valence-corrected chi connectivity index (χ3v) is 5.10.